The number of fused-ring (bicyclic) bond motifs is 1. The predicted molar refractivity (Wildman–Crippen MR) is 109 cm³/mol. The second kappa shape index (κ2) is 7.99. The average molecular weight is 335 g/mol. The van der Waals surface area contributed by atoms with Crippen molar-refractivity contribution in [2.45, 2.75) is 18.8 Å². The van der Waals surface area contributed by atoms with E-state index in [0.717, 1.165) is 19.5 Å². The van der Waals surface area contributed by atoms with Crippen LogP contribution in [0.15, 0.2) is 54.6 Å². The summed E-state index contributed by atoms with van der Waals surface area (Å²) < 4.78 is 0. The molecule has 0 saturated heterocycles. The van der Waals surface area contributed by atoms with E-state index < -0.39 is 0 Å². The Labute approximate surface area is 152 Å². The van der Waals surface area contributed by atoms with Gasteiger partial charge in [-0.25, -0.2) is 0 Å². The lowest BCUT2D eigenvalue weighted by molar-refractivity contribution is 0.394. The van der Waals surface area contributed by atoms with E-state index in [4.69, 9.17) is 0 Å². The molecule has 1 aliphatic carbocycles. The summed E-state index contributed by atoms with van der Waals surface area (Å²) in [4.78, 5) is 4.58. The largest absolute Gasteiger partial charge is 0.309 e. The van der Waals surface area contributed by atoms with Gasteiger partial charge in [-0.05, 0) is 75.4 Å². The maximum absolute atomic E-state index is 2.33. The van der Waals surface area contributed by atoms with Gasteiger partial charge in [-0.3, -0.25) is 0 Å². The van der Waals surface area contributed by atoms with Crippen molar-refractivity contribution in [1.29, 1.82) is 0 Å². The molecule has 1 atom stereocenters. The SMILES string of the molecule is CN(C)CCC1=C(c2ccccc2)C(CCN(C)C)c2ccccc21. The molecule has 0 bridgehead atoms. The predicted octanol–water partition coefficient (Wildman–Crippen LogP) is 4.60. The molecule has 0 aromatic heterocycles. The normalized spacial score (nSPS) is 16.8. The number of nitrogens with zero attached hydrogens (tertiary/aromatic N) is 2. The molecule has 132 valence electrons. The molecular weight excluding hydrogens is 304 g/mol. The van der Waals surface area contributed by atoms with E-state index in [1.807, 2.05) is 0 Å². The van der Waals surface area contributed by atoms with Crippen LogP contribution in [0.1, 0.15) is 35.4 Å². The highest BCUT2D eigenvalue weighted by molar-refractivity contribution is 5.99. The molecule has 0 heterocycles. The summed E-state index contributed by atoms with van der Waals surface area (Å²) in [5.74, 6) is 0.498. The van der Waals surface area contributed by atoms with Gasteiger partial charge in [-0.15, -0.1) is 0 Å². The van der Waals surface area contributed by atoms with Crippen molar-refractivity contribution < 1.29 is 0 Å². The molecule has 2 aromatic rings. The number of hydrogen-bond donors (Lipinski definition) is 0. The van der Waals surface area contributed by atoms with Gasteiger partial charge < -0.3 is 9.80 Å². The lowest BCUT2D eigenvalue weighted by Crippen LogP contribution is -2.16. The van der Waals surface area contributed by atoms with E-state index in [-0.39, 0.29) is 0 Å². The van der Waals surface area contributed by atoms with Crippen LogP contribution in [0.25, 0.3) is 11.1 Å². The van der Waals surface area contributed by atoms with Crippen molar-refractivity contribution in [1.82, 2.24) is 9.80 Å². The Morgan fingerprint density at radius 1 is 0.760 bits per heavy atom. The van der Waals surface area contributed by atoms with Crippen LogP contribution in [0.2, 0.25) is 0 Å². The summed E-state index contributed by atoms with van der Waals surface area (Å²) in [6.45, 7) is 2.19. The van der Waals surface area contributed by atoms with E-state index in [1.54, 1.807) is 11.1 Å². The second-order valence-corrected chi connectivity index (χ2v) is 7.54. The standard InChI is InChI=1S/C23H30N2/c1-24(2)16-14-21-19-12-8-9-13-20(19)22(15-17-25(3)4)23(21)18-10-6-5-7-11-18/h5-13,21H,14-17H2,1-4H3. The first-order chi connectivity index (χ1) is 12.1. The van der Waals surface area contributed by atoms with Crippen LogP contribution in [0.4, 0.5) is 0 Å². The molecule has 2 aromatic carbocycles. The van der Waals surface area contributed by atoms with E-state index in [1.165, 1.54) is 23.1 Å². The minimum Gasteiger partial charge on any atom is -0.309 e. The van der Waals surface area contributed by atoms with Crippen molar-refractivity contribution in [3.63, 3.8) is 0 Å². The van der Waals surface area contributed by atoms with Gasteiger partial charge in [0.2, 0.25) is 0 Å². The van der Waals surface area contributed by atoms with Crippen LogP contribution < -0.4 is 0 Å². The van der Waals surface area contributed by atoms with Crippen LogP contribution in [-0.4, -0.2) is 51.1 Å². The topological polar surface area (TPSA) is 6.48 Å². The van der Waals surface area contributed by atoms with E-state index in [0.29, 0.717) is 5.92 Å². The third-order valence-corrected chi connectivity index (χ3v) is 5.09. The smallest absolute Gasteiger partial charge is 0.0116 e. The molecule has 0 fully saturated rings. The minimum atomic E-state index is 0.498. The number of rotatable bonds is 7. The van der Waals surface area contributed by atoms with Crippen molar-refractivity contribution in [3.05, 3.63) is 71.3 Å². The average Bonchev–Trinajstić information content (AvgIpc) is 2.92. The summed E-state index contributed by atoms with van der Waals surface area (Å²) in [7, 11) is 8.65. The van der Waals surface area contributed by atoms with Crippen LogP contribution in [-0.2, 0) is 0 Å². The van der Waals surface area contributed by atoms with Gasteiger partial charge in [0.25, 0.3) is 0 Å². The lowest BCUT2D eigenvalue weighted by atomic mass is 9.87. The Bertz CT molecular complexity index is 729. The first-order valence-electron chi connectivity index (χ1n) is 9.25. The maximum atomic E-state index is 2.33. The Morgan fingerprint density at radius 2 is 1.40 bits per heavy atom. The summed E-state index contributed by atoms with van der Waals surface area (Å²) >= 11 is 0. The van der Waals surface area contributed by atoms with E-state index in [9.17, 15) is 0 Å². The van der Waals surface area contributed by atoms with Gasteiger partial charge in [-0.1, -0.05) is 54.6 Å². The molecule has 1 aliphatic rings. The molecule has 3 rings (SSSR count). The highest BCUT2D eigenvalue weighted by atomic mass is 15.1. The van der Waals surface area contributed by atoms with Gasteiger partial charge >= 0.3 is 0 Å². The van der Waals surface area contributed by atoms with Crippen molar-refractivity contribution in [3.8, 4) is 0 Å². The fourth-order valence-corrected chi connectivity index (χ4v) is 3.87. The highest BCUT2D eigenvalue weighted by Gasteiger charge is 2.31. The zero-order chi connectivity index (χ0) is 17.8. The summed E-state index contributed by atoms with van der Waals surface area (Å²) in [5, 5.41) is 0. The third kappa shape index (κ3) is 4.02. The Kier molecular flexibility index (Phi) is 5.72. The molecule has 1 unspecified atom stereocenters. The first kappa shape index (κ1) is 17.9. The molecule has 0 saturated carbocycles. The maximum Gasteiger partial charge on any atom is 0.0116 e. The van der Waals surface area contributed by atoms with Crippen LogP contribution in [0, 0.1) is 0 Å². The van der Waals surface area contributed by atoms with Crippen molar-refractivity contribution in [2.75, 3.05) is 41.3 Å². The van der Waals surface area contributed by atoms with Crippen LogP contribution in [0.5, 0.6) is 0 Å². The summed E-state index contributed by atoms with van der Waals surface area (Å²) in [6, 6.07) is 20.0. The minimum absolute atomic E-state index is 0.498. The molecular formula is C23H30N2. The van der Waals surface area contributed by atoms with Crippen molar-refractivity contribution >= 4 is 11.1 Å². The lowest BCUT2D eigenvalue weighted by Gasteiger charge is -2.20. The zero-order valence-corrected chi connectivity index (χ0v) is 16.0. The zero-order valence-electron chi connectivity index (χ0n) is 16.0. The highest BCUT2D eigenvalue weighted by Crippen LogP contribution is 2.49. The number of allylic oxidation sites excluding steroid dienone is 1. The third-order valence-electron chi connectivity index (χ3n) is 5.09. The Balaban J connectivity index is 2.07. The molecule has 2 nitrogen and oxygen atoms in total. The van der Waals surface area contributed by atoms with Crippen LogP contribution in [0.3, 0.4) is 0 Å². The number of hydrogen-bond acceptors (Lipinski definition) is 2. The Morgan fingerprint density at radius 3 is 2.08 bits per heavy atom. The fraction of sp³-hybridized carbons (Fsp3) is 0.391. The Hall–Kier alpha value is -1.90. The monoisotopic (exact) mass is 334 g/mol. The number of benzene rings is 2. The molecule has 0 N–H and O–H groups in total. The van der Waals surface area contributed by atoms with Crippen molar-refractivity contribution in [2.24, 2.45) is 0 Å². The molecule has 0 aliphatic heterocycles. The van der Waals surface area contributed by atoms with E-state index >= 15 is 0 Å². The van der Waals surface area contributed by atoms with Crippen LogP contribution >= 0.6 is 0 Å². The summed E-state index contributed by atoms with van der Waals surface area (Å²) in [5.41, 5.74) is 7.45. The molecule has 0 radical (unpaired) electrons. The molecule has 2 heteroatoms. The van der Waals surface area contributed by atoms with Gasteiger partial charge in [0.15, 0.2) is 0 Å². The quantitative estimate of drug-likeness (QED) is 0.730. The first-order valence-corrected chi connectivity index (χ1v) is 9.25. The molecule has 25 heavy (non-hydrogen) atoms. The molecule has 0 amide bonds. The van der Waals surface area contributed by atoms with E-state index in [2.05, 4.69) is 92.6 Å². The fourth-order valence-electron chi connectivity index (χ4n) is 3.87. The van der Waals surface area contributed by atoms with Gasteiger partial charge in [0, 0.05) is 12.5 Å². The summed E-state index contributed by atoms with van der Waals surface area (Å²) in [6.07, 6.45) is 2.27. The van der Waals surface area contributed by atoms with Gasteiger partial charge in [0.1, 0.15) is 0 Å². The van der Waals surface area contributed by atoms with Gasteiger partial charge in [-0.2, -0.15) is 0 Å². The van der Waals surface area contributed by atoms with Gasteiger partial charge in [0.05, 0.1) is 0 Å². The molecule has 0 spiro atoms. The second-order valence-electron chi connectivity index (χ2n) is 7.54.